The zero-order valence-electron chi connectivity index (χ0n) is 26.0. The van der Waals surface area contributed by atoms with Crippen molar-refractivity contribution in [1.29, 1.82) is 0 Å². The van der Waals surface area contributed by atoms with Crippen LogP contribution in [0.15, 0.2) is 48.6 Å². The highest BCUT2D eigenvalue weighted by Gasteiger charge is 2.75. The maximum atomic E-state index is 13.4. The molecule has 0 unspecified atom stereocenters. The van der Waals surface area contributed by atoms with Crippen molar-refractivity contribution in [3.63, 3.8) is 0 Å². The Kier molecular flexibility index (Phi) is 9.46. The molecular formula is C31H24O22. The number of hydrogen-bond acceptors (Lipinski definition) is 22. The molecule has 5 atom stereocenters. The van der Waals surface area contributed by atoms with Gasteiger partial charge in [-0.1, -0.05) is 0 Å². The number of phenols is 9. The summed E-state index contributed by atoms with van der Waals surface area (Å²) in [7, 11) is 0. The van der Waals surface area contributed by atoms with E-state index >= 15 is 0 Å². The zero-order valence-corrected chi connectivity index (χ0v) is 26.0. The van der Waals surface area contributed by atoms with Crippen molar-refractivity contribution in [2.75, 3.05) is 6.61 Å². The molecule has 0 aliphatic carbocycles. The lowest BCUT2D eigenvalue weighted by Gasteiger charge is -2.51. The third-order valence-electron chi connectivity index (χ3n) is 7.42. The van der Waals surface area contributed by atoms with E-state index in [1.807, 2.05) is 0 Å². The molecule has 0 bridgehead atoms. The quantitative estimate of drug-likeness (QED) is 0.0786. The molecule has 280 valence electrons. The number of aromatic hydroxyl groups is 9. The smallest absolute Gasteiger partial charge is 0.451 e. The van der Waals surface area contributed by atoms with Crippen LogP contribution in [0, 0.1) is 0 Å². The number of benzene rings is 3. The van der Waals surface area contributed by atoms with Gasteiger partial charge in [-0.15, -0.1) is 0 Å². The number of esters is 5. The minimum Gasteiger partial charge on any atom is -0.504 e. The van der Waals surface area contributed by atoms with E-state index < -0.39 is 135 Å². The molecule has 3 aromatic carbocycles. The summed E-state index contributed by atoms with van der Waals surface area (Å²) in [5.41, 5.74) is -2.33. The molecular weight excluding hydrogens is 724 g/mol. The van der Waals surface area contributed by atoms with Crippen LogP contribution >= 0.6 is 0 Å². The number of ether oxygens (including phenoxy) is 6. The molecule has 53 heavy (non-hydrogen) atoms. The van der Waals surface area contributed by atoms with Gasteiger partial charge in [-0.25, -0.2) is 24.0 Å². The minimum atomic E-state index is -3.98. The summed E-state index contributed by atoms with van der Waals surface area (Å²) < 4.78 is 30.8. The number of aliphatic hydroxyl groups is 2. The van der Waals surface area contributed by atoms with E-state index in [2.05, 4.69) is 0 Å². The summed E-state index contributed by atoms with van der Waals surface area (Å²) >= 11 is 0. The first-order chi connectivity index (χ1) is 24.8. The summed E-state index contributed by atoms with van der Waals surface area (Å²) in [4.78, 5) is 65.1. The largest absolute Gasteiger partial charge is 0.504 e. The van der Waals surface area contributed by atoms with Gasteiger partial charge in [0.05, 0.1) is 16.7 Å². The molecule has 1 fully saturated rings. The molecule has 22 nitrogen and oxygen atoms in total. The van der Waals surface area contributed by atoms with Crippen molar-refractivity contribution in [1.82, 2.24) is 0 Å². The fourth-order valence-electron chi connectivity index (χ4n) is 4.83. The van der Waals surface area contributed by atoms with Gasteiger partial charge in [0.2, 0.25) is 6.10 Å². The molecule has 0 saturated carbocycles. The van der Waals surface area contributed by atoms with Crippen molar-refractivity contribution < 1.29 is 109 Å². The highest BCUT2D eigenvalue weighted by molar-refractivity contribution is 5.95. The highest BCUT2D eigenvalue weighted by atomic mass is 16.9. The zero-order chi connectivity index (χ0) is 39.2. The molecule has 0 radical (unpaired) electrons. The van der Waals surface area contributed by atoms with Crippen molar-refractivity contribution in [2.45, 2.75) is 30.1 Å². The Balaban J connectivity index is 1.62. The van der Waals surface area contributed by atoms with Crippen LogP contribution in [0.1, 0.15) is 31.1 Å². The van der Waals surface area contributed by atoms with Crippen molar-refractivity contribution in [3.05, 3.63) is 65.2 Å². The number of hydrogen-bond donors (Lipinski definition) is 11. The number of carbonyl (C=O) groups excluding carboxylic acids is 5. The van der Waals surface area contributed by atoms with Crippen LogP contribution in [-0.2, 0) is 38.0 Å². The standard InChI is InChI=1S/C31H24O22/c32-13-3-10(4-14(33)22(13)40)27(44)48-9-19-25(43)26(49-28(45)11-5-15(34)23(41)16(35)6-11)30(47)31(50-19,52-21(39)2-1-20(38)51-30)53-29(46)12-7-17(36)24(42)18(37)8-12/h1-8,19,25-26,32-37,40-43,47H,9H2/b2-1-/t19-,25-,26+,30-,31+/m1/s1. The second-order valence-corrected chi connectivity index (χ2v) is 11.0. The van der Waals surface area contributed by atoms with Crippen LogP contribution in [-0.4, -0.2) is 123 Å². The molecule has 0 amide bonds. The second-order valence-electron chi connectivity index (χ2n) is 11.0. The van der Waals surface area contributed by atoms with Gasteiger partial charge in [-0.2, -0.15) is 0 Å². The fraction of sp³-hybridized carbons (Fsp3) is 0.194. The Hall–Kier alpha value is -7.17. The SMILES string of the molecule is O=C1/C=C\C(=O)O[C@]2(O)[C@@H](OC(=O)c3cc(O)c(O)c(O)c3)[C@H](O)[C@@H](COC(=O)c3cc(O)c(O)c(O)c3)O[C@]2(OC(=O)c2cc(O)c(O)c(O)c2)O1. The lowest BCUT2D eigenvalue weighted by atomic mass is 9.93. The van der Waals surface area contributed by atoms with Gasteiger partial charge in [-0.3, -0.25) is 4.74 Å². The minimum absolute atomic E-state index is 0.361. The van der Waals surface area contributed by atoms with Crippen LogP contribution in [0.4, 0.5) is 0 Å². The molecule has 0 spiro atoms. The van der Waals surface area contributed by atoms with Gasteiger partial charge in [0.15, 0.2) is 51.7 Å². The number of phenolic OH excluding ortho intramolecular Hbond substituents is 9. The normalized spacial score (nSPS) is 24.3. The maximum absolute atomic E-state index is 13.4. The van der Waals surface area contributed by atoms with E-state index in [0.29, 0.717) is 48.6 Å². The molecule has 3 aromatic rings. The van der Waals surface area contributed by atoms with Gasteiger partial charge in [0.25, 0.3) is 0 Å². The van der Waals surface area contributed by atoms with Crippen molar-refractivity contribution in [2.24, 2.45) is 0 Å². The predicted octanol–water partition coefficient (Wildman–Crippen LogP) is -0.965. The van der Waals surface area contributed by atoms with E-state index in [1.54, 1.807) is 0 Å². The Morgan fingerprint density at radius 3 is 1.47 bits per heavy atom. The first kappa shape index (κ1) is 37.1. The third-order valence-corrected chi connectivity index (χ3v) is 7.42. The van der Waals surface area contributed by atoms with Crippen LogP contribution in [0.3, 0.4) is 0 Å². The van der Waals surface area contributed by atoms with Gasteiger partial charge < -0.3 is 79.9 Å². The average molecular weight is 749 g/mol. The summed E-state index contributed by atoms with van der Waals surface area (Å²) in [5.74, 6) is -25.8. The van der Waals surface area contributed by atoms with E-state index in [0.717, 1.165) is 0 Å². The lowest BCUT2D eigenvalue weighted by Crippen LogP contribution is -2.77. The average Bonchev–Trinajstić information content (AvgIpc) is 3.09. The van der Waals surface area contributed by atoms with Crippen LogP contribution < -0.4 is 0 Å². The number of aliphatic hydroxyl groups excluding tert-OH is 1. The van der Waals surface area contributed by atoms with Crippen LogP contribution in [0.5, 0.6) is 51.7 Å². The fourth-order valence-corrected chi connectivity index (χ4v) is 4.83. The predicted molar refractivity (Wildman–Crippen MR) is 159 cm³/mol. The third kappa shape index (κ3) is 6.82. The number of fused-ring (bicyclic) bond motifs is 1. The number of rotatable bonds is 7. The summed E-state index contributed by atoms with van der Waals surface area (Å²) in [6, 6.07) is 3.30. The van der Waals surface area contributed by atoms with E-state index in [1.165, 1.54) is 0 Å². The lowest BCUT2D eigenvalue weighted by molar-refractivity contribution is -0.505. The second kappa shape index (κ2) is 13.5. The Bertz CT molecular complexity index is 2000. The Morgan fingerprint density at radius 1 is 0.623 bits per heavy atom. The Morgan fingerprint density at radius 2 is 1.02 bits per heavy atom. The van der Waals surface area contributed by atoms with Crippen molar-refractivity contribution >= 4 is 29.8 Å². The molecule has 5 rings (SSSR count). The van der Waals surface area contributed by atoms with E-state index in [-0.39, 0.29) is 0 Å². The molecule has 0 aromatic heterocycles. The van der Waals surface area contributed by atoms with Crippen molar-refractivity contribution in [3.8, 4) is 51.7 Å². The van der Waals surface area contributed by atoms with Gasteiger partial charge in [0.1, 0.15) is 18.8 Å². The number of carbonyl (C=O) groups is 5. The summed E-state index contributed by atoms with van der Waals surface area (Å²) in [6.45, 7) is -1.27. The van der Waals surface area contributed by atoms with E-state index in [9.17, 15) is 80.1 Å². The topological polar surface area (TPSA) is 363 Å². The Labute approximate surface area is 292 Å². The molecule has 2 heterocycles. The molecule has 2 aliphatic rings. The first-order valence-corrected chi connectivity index (χ1v) is 14.4. The summed E-state index contributed by atoms with van der Waals surface area (Å²) in [5, 5.41) is 111. The summed E-state index contributed by atoms with van der Waals surface area (Å²) in [6.07, 6.45) is -7.00. The first-order valence-electron chi connectivity index (χ1n) is 14.4. The maximum Gasteiger partial charge on any atom is 0.451 e. The van der Waals surface area contributed by atoms with Gasteiger partial charge >= 0.3 is 41.6 Å². The van der Waals surface area contributed by atoms with Gasteiger partial charge in [-0.05, 0) is 36.4 Å². The molecule has 1 saturated heterocycles. The highest BCUT2D eigenvalue weighted by Crippen LogP contribution is 2.46. The van der Waals surface area contributed by atoms with E-state index in [4.69, 9.17) is 28.4 Å². The van der Waals surface area contributed by atoms with Gasteiger partial charge in [0, 0.05) is 12.2 Å². The molecule has 22 heteroatoms. The monoisotopic (exact) mass is 748 g/mol. The molecule has 11 N–H and O–H groups in total. The van der Waals surface area contributed by atoms with Crippen LogP contribution in [0.25, 0.3) is 0 Å². The van der Waals surface area contributed by atoms with Crippen LogP contribution in [0.2, 0.25) is 0 Å². The molecule has 2 aliphatic heterocycles.